The Morgan fingerprint density at radius 2 is 2.15 bits per heavy atom. The Kier molecular flexibility index (Phi) is 2.52. The molecular weight excluding hydrogens is 184 g/mol. The molecule has 0 spiro atoms. The Hall–Kier alpha value is -1.00. The van der Waals surface area contributed by atoms with Gasteiger partial charge in [0.15, 0.2) is 0 Å². The topological polar surface area (TPSA) is 33.6 Å². The zero-order chi connectivity index (χ0) is 9.10. The van der Waals surface area contributed by atoms with Crippen LogP contribution < -0.4 is 5.48 Å². The van der Waals surface area contributed by atoms with E-state index >= 15 is 0 Å². The average Bonchev–Trinajstić information content (AvgIpc) is 2.67. The molecule has 1 aliphatic rings. The van der Waals surface area contributed by atoms with Crippen molar-refractivity contribution in [2.75, 3.05) is 5.75 Å². The van der Waals surface area contributed by atoms with Gasteiger partial charge in [-0.15, -0.1) is 0 Å². The molecule has 68 valence electrons. The largest absolute Gasteiger partial charge is 0.250 e. The number of aliphatic imine (C=N–C) groups is 1. The zero-order valence-corrected chi connectivity index (χ0v) is 7.87. The SMILES string of the molecule is SCC1=NC(c2ccccc2)ON1. The lowest BCUT2D eigenvalue weighted by Crippen LogP contribution is -2.17. The van der Waals surface area contributed by atoms with Crippen LogP contribution in [0.15, 0.2) is 35.3 Å². The predicted octanol–water partition coefficient (Wildman–Crippen LogP) is 1.55. The molecule has 0 radical (unpaired) electrons. The van der Waals surface area contributed by atoms with E-state index in [0.29, 0.717) is 5.75 Å². The Morgan fingerprint density at radius 1 is 1.38 bits per heavy atom. The molecule has 3 nitrogen and oxygen atoms in total. The number of nitrogens with zero attached hydrogens (tertiary/aromatic N) is 1. The molecule has 0 aromatic heterocycles. The molecule has 2 rings (SSSR count). The van der Waals surface area contributed by atoms with Gasteiger partial charge in [0.05, 0.1) is 5.75 Å². The number of hydrogen-bond donors (Lipinski definition) is 2. The van der Waals surface area contributed by atoms with Crippen LogP contribution in [0.3, 0.4) is 0 Å². The number of amidine groups is 1. The van der Waals surface area contributed by atoms with Crippen molar-refractivity contribution in [3.05, 3.63) is 35.9 Å². The highest BCUT2D eigenvalue weighted by molar-refractivity contribution is 7.81. The Bertz CT molecular complexity index is 313. The molecule has 1 unspecified atom stereocenters. The number of hydroxylamine groups is 1. The minimum Gasteiger partial charge on any atom is -0.250 e. The maximum absolute atomic E-state index is 5.24. The normalized spacial score (nSPS) is 21.0. The van der Waals surface area contributed by atoms with E-state index in [1.54, 1.807) is 0 Å². The molecule has 0 saturated carbocycles. The molecular formula is C9H10N2OS. The number of thiol groups is 1. The van der Waals surface area contributed by atoms with Crippen molar-refractivity contribution < 1.29 is 4.84 Å². The van der Waals surface area contributed by atoms with Crippen LogP contribution in [0.5, 0.6) is 0 Å². The summed E-state index contributed by atoms with van der Waals surface area (Å²) in [6, 6.07) is 9.86. The van der Waals surface area contributed by atoms with Crippen LogP contribution in [0.25, 0.3) is 0 Å². The minimum absolute atomic E-state index is 0.219. The lowest BCUT2D eigenvalue weighted by atomic mass is 10.2. The van der Waals surface area contributed by atoms with Crippen LogP contribution in [0.2, 0.25) is 0 Å². The molecule has 4 heteroatoms. The van der Waals surface area contributed by atoms with Crippen LogP contribution in [-0.4, -0.2) is 11.6 Å². The molecule has 0 aliphatic carbocycles. The van der Waals surface area contributed by atoms with Gasteiger partial charge >= 0.3 is 0 Å². The van der Waals surface area contributed by atoms with E-state index in [2.05, 4.69) is 23.1 Å². The van der Waals surface area contributed by atoms with Gasteiger partial charge in [0.25, 0.3) is 0 Å². The third-order valence-electron chi connectivity index (χ3n) is 1.80. The van der Waals surface area contributed by atoms with Crippen LogP contribution >= 0.6 is 12.6 Å². The van der Waals surface area contributed by atoms with Gasteiger partial charge in [0.2, 0.25) is 6.23 Å². The van der Waals surface area contributed by atoms with Crippen molar-refractivity contribution in [2.45, 2.75) is 6.23 Å². The first-order valence-corrected chi connectivity index (χ1v) is 4.67. The van der Waals surface area contributed by atoms with Crippen molar-refractivity contribution in [2.24, 2.45) is 4.99 Å². The first kappa shape index (κ1) is 8.59. The molecule has 0 bridgehead atoms. The standard InChI is InChI=1S/C9H10N2OS/c13-6-8-10-9(12-11-8)7-4-2-1-3-5-7/h1-5,9,13H,6H2,(H,10,11). The molecule has 1 heterocycles. The number of hydrogen-bond acceptors (Lipinski definition) is 4. The molecule has 1 N–H and O–H groups in total. The lowest BCUT2D eigenvalue weighted by Gasteiger charge is -2.04. The van der Waals surface area contributed by atoms with E-state index in [9.17, 15) is 0 Å². The van der Waals surface area contributed by atoms with Gasteiger partial charge in [0, 0.05) is 5.56 Å². The van der Waals surface area contributed by atoms with Crippen molar-refractivity contribution in [1.82, 2.24) is 5.48 Å². The fraction of sp³-hybridized carbons (Fsp3) is 0.222. The Morgan fingerprint density at radius 3 is 2.77 bits per heavy atom. The van der Waals surface area contributed by atoms with Gasteiger partial charge in [-0.3, -0.25) is 0 Å². The predicted molar refractivity (Wildman–Crippen MR) is 54.7 cm³/mol. The molecule has 1 atom stereocenters. The summed E-state index contributed by atoms with van der Waals surface area (Å²) < 4.78 is 0. The summed E-state index contributed by atoms with van der Waals surface area (Å²) in [6.45, 7) is 0. The molecule has 13 heavy (non-hydrogen) atoms. The summed E-state index contributed by atoms with van der Waals surface area (Å²) in [5, 5.41) is 0. The highest BCUT2D eigenvalue weighted by atomic mass is 32.1. The van der Waals surface area contributed by atoms with Crippen molar-refractivity contribution in [1.29, 1.82) is 0 Å². The minimum atomic E-state index is -0.219. The first-order chi connectivity index (χ1) is 6.40. The quantitative estimate of drug-likeness (QED) is 0.700. The Labute approximate surface area is 82.2 Å². The van der Waals surface area contributed by atoms with Crippen LogP contribution in [0, 0.1) is 0 Å². The molecule has 1 aliphatic heterocycles. The van der Waals surface area contributed by atoms with E-state index in [1.165, 1.54) is 0 Å². The second-order valence-electron chi connectivity index (χ2n) is 2.72. The molecule has 0 amide bonds. The van der Waals surface area contributed by atoms with E-state index in [1.807, 2.05) is 30.3 Å². The van der Waals surface area contributed by atoms with Crippen LogP contribution in [-0.2, 0) is 4.84 Å². The fourth-order valence-corrected chi connectivity index (χ4v) is 1.30. The van der Waals surface area contributed by atoms with Gasteiger partial charge in [-0.25, -0.2) is 15.3 Å². The van der Waals surface area contributed by atoms with Crippen molar-refractivity contribution in [3.63, 3.8) is 0 Å². The fourth-order valence-electron chi connectivity index (χ4n) is 1.15. The Balaban J connectivity index is 2.16. The van der Waals surface area contributed by atoms with Gasteiger partial charge in [0.1, 0.15) is 5.84 Å². The second kappa shape index (κ2) is 3.81. The summed E-state index contributed by atoms with van der Waals surface area (Å²) in [4.78, 5) is 9.52. The molecule has 0 saturated heterocycles. The van der Waals surface area contributed by atoms with Gasteiger partial charge in [-0.1, -0.05) is 30.3 Å². The van der Waals surface area contributed by atoms with Crippen molar-refractivity contribution >= 4 is 18.5 Å². The molecule has 1 aromatic carbocycles. The van der Waals surface area contributed by atoms with Gasteiger partial charge < -0.3 is 0 Å². The van der Waals surface area contributed by atoms with E-state index in [4.69, 9.17) is 4.84 Å². The first-order valence-electron chi connectivity index (χ1n) is 4.04. The lowest BCUT2D eigenvalue weighted by molar-refractivity contribution is 0.0375. The summed E-state index contributed by atoms with van der Waals surface area (Å²) in [6.07, 6.45) is -0.219. The summed E-state index contributed by atoms with van der Waals surface area (Å²) in [5.41, 5.74) is 3.78. The molecule has 1 aromatic rings. The number of rotatable bonds is 2. The maximum Gasteiger partial charge on any atom is 0.202 e. The number of nitrogens with one attached hydrogen (secondary N) is 1. The van der Waals surface area contributed by atoms with E-state index < -0.39 is 0 Å². The number of benzene rings is 1. The third kappa shape index (κ3) is 1.84. The summed E-state index contributed by atoms with van der Waals surface area (Å²) in [7, 11) is 0. The second-order valence-corrected chi connectivity index (χ2v) is 3.03. The maximum atomic E-state index is 5.24. The van der Waals surface area contributed by atoms with Crippen molar-refractivity contribution in [3.8, 4) is 0 Å². The monoisotopic (exact) mass is 194 g/mol. The third-order valence-corrected chi connectivity index (χ3v) is 2.10. The van der Waals surface area contributed by atoms with E-state index in [0.717, 1.165) is 11.4 Å². The average molecular weight is 194 g/mol. The van der Waals surface area contributed by atoms with Gasteiger partial charge in [-0.2, -0.15) is 12.6 Å². The van der Waals surface area contributed by atoms with E-state index in [-0.39, 0.29) is 6.23 Å². The van der Waals surface area contributed by atoms with Crippen LogP contribution in [0.1, 0.15) is 11.8 Å². The summed E-state index contributed by atoms with van der Waals surface area (Å²) >= 11 is 4.10. The smallest absolute Gasteiger partial charge is 0.202 e. The highest BCUT2D eigenvalue weighted by Gasteiger charge is 2.17. The zero-order valence-electron chi connectivity index (χ0n) is 6.97. The van der Waals surface area contributed by atoms with Gasteiger partial charge in [-0.05, 0) is 0 Å². The molecule has 0 fully saturated rings. The highest BCUT2D eigenvalue weighted by Crippen LogP contribution is 2.20. The van der Waals surface area contributed by atoms with Crippen LogP contribution in [0.4, 0.5) is 0 Å². The summed E-state index contributed by atoms with van der Waals surface area (Å²) in [5.74, 6) is 1.35.